The maximum absolute atomic E-state index is 13.8. The number of carbonyl (C=O) groups excluding carboxylic acids is 2. The van der Waals surface area contributed by atoms with Crippen LogP contribution in [-0.2, 0) is 41.1 Å². The van der Waals surface area contributed by atoms with E-state index in [4.69, 9.17) is 4.74 Å². The van der Waals surface area contributed by atoms with Gasteiger partial charge in [0.1, 0.15) is 5.82 Å². The molecule has 1 aliphatic rings. The third kappa shape index (κ3) is 10.6. The Kier molecular flexibility index (Phi) is 12.6. The van der Waals surface area contributed by atoms with Gasteiger partial charge in [-0.05, 0) is 81.2 Å². The second-order valence-corrected chi connectivity index (χ2v) is 12.1. The molecule has 1 heterocycles. The van der Waals surface area contributed by atoms with Crippen LogP contribution in [0.2, 0.25) is 0 Å². The van der Waals surface area contributed by atoms with Gasteiger partial charge < -0.3 is 19.4 Å². The number of pyridine rings is 1. The first-order chi connectivity index (χ1) is 22.2. The van der Waals surface area contributed by atoms with Crippen LogP contribution < -0.4 is 4.90 Å². The van der Waals surface area contributed by atoms with Gasteiger partial charge in [0.2, 0.25) is 0 Å². The van der Waals surface area contributed by atoms with Gasteiger partial charge in [-0.15, -0.1) is 0 Å². The van der Waals surface area contributed by atoms with Crippen molar-refractivity contribution >= 4 is 17.8 Å². The molecule has 1 saturated carbocycles. The van der Waals surface area contributed by atoms with Crippen molar-refractivity contribution in [2.75, 3.05) is 38.7 Å². The lowest BCUT2D eigenvalue weighted by Crippen LogP contribution is -2.39. The molecule has 1 aromatic heterocycles. The van der Waals surface area contributed by atoms with Crippen molar-refractivity contribution in [1.29, 1.82) is 0 Å². The minimum absolute atomic E-state index is 0.0418. The summed E-state index contributed by atoms with van der Waals surface area (Å²) in [7, 11) is 2.59. The number of anilines is 1. The SMILES string of the molecule is CCOC(=O)CC1CCC(CN(CC)c2ncc(C(F)(F)F)cc2CN(Cc2cc(C(F)(F)F)cc(C(F)(F)F)c2)C(=O)N(C)C)CC1. The normalized spacial score (nSPS) is 17.2. The number of hydrogen-bond acceptors (Lipinski definition) is 5. The molecule has 268 valence electrons. The second kappa shape index (κ2) is 15.7. The zero-order valence-electron chi connectivity index (χ0n) is 27.0. The Morgan fingerprint density at radius 2 is 1.33 bits per heavy atom. The summed E-state index contributed by atoms with van der Waals surface area (Å²) in [5.41, 5.74) is -4.89. The number of alkyl halides is 9. The monoisotopic (exact) mass is 698 g/mol. The van der Waals surface area contributed by atoms with Crippen LogP contribution in [-0.4, -0.2) is 60.6 Å². The van der Waals surface area contributed by atoms with Gasteiger partial charge in [0.25, 0.3) is 0 Å². The van der Waals surface area contributed by atoms with Gasteiger partial charge >= 0.3 is 30.5 Å². The molecule has 0 unspecified atom stereocenters. The average Bonchev–Trinajstić information content (AvgIpc) is 2.98. The summed E-state index contributed by atoms with van der Waals surface area (Å²) in [6.45, 7) is 3.10. The fourth-order valence-corrected chi connectivity index (χ4v) is 5.82. The maximum atomic E-state index is 13.8. The van der Waals surface area contributed by atoms with Crippen LogP contribution in [0.5, 0.6) is 0 Å². The Balaban J connectivity index is 1.97. The van der Waals surface area contributed by atoms with E-state index in [0.717, 1.165) is 41.5 Å². The fourth-order valence-electron chi connectivity index (χ4n) is 5.82. The zero-order valence-corrected chi connectivity index (χ0v) is 27.0. The summed E-state index contributed by atoms with van der Waals surface area (Å²) in [6.07, 6.45) is -11.2. The van der Waals surface area contributed by atoms with Crippen LogP contribution in [0.3, 0.4) is 0 Å². The number of carbonyl (C=O) groups is 2. The van der Waals surface area contributed by atoms with E-state index in [1.165, 1.54) is 14.1 Å². The number of rotatable bonds is 11. The molecule has 2 aromatic rings. The Morgan fingerprint density at radius 1 is 0.792 bits per heavy atom. The minimum atomic E-state index is -5.13. The highest BCUT2D eigenvalue weighted by Gasteiger charge is 2.38. The van der Waals surface area contributed by atoms with Crippen LogP contribution in [0, 0.1) is 11.8 Å². The Bertz CT molecular complexity index is 1370. The molecule has 1 aromatic carbocycles. The van der Waals surface area contributed by atoms with Gasteiger partial charge in [-0.1, -0.05) is 0 Å². The van der Waals surface area contributed by atoms with Crippen molar-refractivity contribution < 1.29 is 53.8 Å². The maximum Gasteiger partial charge on any atom is 0.417 e. The molecular formula is C32H39F9N4O3. The van der Waals surface area contributed by atoms with Gasteiger partial charge in [0, 0.05) is 51.9 Å². The predicted molar refractivity (Wildman–Crippen MR) is 159 cm³/mol. The van der Waals surface area contributed by atoms with E-state index < -0.39 is 59.9 Å². The number of benzene rings is 1. The summed E-state index contributed by atoms with van der Waals surface area (Å²) in [4.78, 5) is 32.9. The topological polar surface area (TPSA) is 66.0 Å². The quantitative estimate of drug-likeness (QED) is 0.174. The van der Waals surface area contributed by atoms with Crippen LogP contribution in [0.1, 0.15) is 73.8 Å². The van der Waals surface area contributed by atoms with E-state index >= 15 is 0 Å². The van der Waals surface area contributed by atoms with Gasteiger partial charge in [-0.25, -0.2) is 9.78 Å². The Hall–Kier alpha value is -3.72. The molecule has 0 saturated heterocycles. The molecule has 1 fully saturated rings. The van der Waals surface area contributed by atoms with Crippen molar-refractivity contribution in [3.63, 3.8) is 0 Å². The lowest BCUT2D eigenvalue weighted by atomic mass is 9.80. The first-order valence-corrected chi connectivity index (χ1v) is 15.4. The van der Waals surface area contributed by atoms with E-state index in [1.54, 1.807) is 18.7 Å². The molecular weight excluding hydrogens is 659 g/mol. The number of nitrogens with zero attached hydrogens (tertiary/aromatic N) is 4. The molecule has 16 heteroatoms. The molecule has 0 atom stereocenters. The number of aromatic nitrogens is 1. The lowest BCUT2D eigenvalue weighted by molar-refractivity contribution is -0.145. The van der Waals surface area contributed by atoms with E-state index in [1.807, 2.05) is 0 Å². The van der Waals surface area contributed by atoms with Crippen LogP contribution >= 0.6 is 0 Å². The van der Waals surface area contributed by atoms with Gasteiger partial charge in [-0.3, -0.25) is 4.79 Å². The zero-order chi connectivity index (χ0) is 36.0. The fraction of sp³-hybridized carbons (Fsp3) is 0.594. The van der Waals surface area contributed by atoms with Crippen molar-refractivity contribution in [3.8, 4) is 0 Å². The molecule has 1 aliphatic carbocycles. The first-order valence-electron chi connectivity index (χ1n) is 15.4. The Labute approximate surface area is 273 Å². The highest BCUT2D eigenvalue weighted by molar-refractivity contribution is 5.74. The van der Waals surface area contributed by atoms with E-state index in [2.05, 4.69) is 4.98 Å². The summed E-state index contributed by atoms with van der Waals surface area (Å²) < 4.78 is 128. The minimum Gasteiger partial charge on any atom is -0.466 e. The summed E-state index contributed by atoms with van der Waals surface area (Å²) >= 11 is 0. The predicted octanol–water partition coefficient (Wildman–Crippen LogP) is 8.41. The number of hydrogen-bond donors (Lipinski definition) is 0. The van der Waals surface area contributed by atoms with Gasteiger partial charge in [-0.2, -0.15) is 39.5 Å². The number of halogens is 9. The average molecular weight is 699 g/mol. The molecule has 0 spiro atoms. The highest BCUT2D eigenvalue weighted by Crippen LogP contribution is 2.38. The smallest absolute Gasteiger partial charge is 0.417 e. The lowest BCUT2D eigenvalue weighted by Gasteiger charge is -2.34. The van der Waals surface area contributed by atoms with Crippen molar-refractivity contribution in [2.24, 2.45) is 11.8 Å². The summed E-state index contributed by atoms with van der Waals surface area (Å²) in [5.74, 6) is 0.0854. The molecule has 7 nitrogen and oxygen atoms in total. The molecule has 0 N–H and O–H groups in total. The molecule has 48 heavy (non-hydrogen) atoms. The van der Waals surface area contributed by atoms with Crippen LogP contribution in [0.25, 0.3) is 0 Å². The molecule has 0 aliphatic heterocycles. The first kappa shape index (κ1) is 38.7. The number of ether oxygens (including phenoxy) is 1. The highest BCUT2D eigenvalue weighted by atomic mass is 19.4. The summed E-state index contributed by atoms with van der Waals surface area (Å²) in [6, 6.07) is 0.859. The van der Waals surface area contributed by atoms with Crippen molar-refractivity contribution in [3.05, 3.63) is 58.3 Å². The molecule has 0 radical (unpaired) electrons. The van der Waals surface area contributed by atoms with Gasteiger partial charge in [0.15, 0.2) is 0 Å². The standard InChI is InChI=1S/C32H39F9N4O3/c1-5-44(17-21-9-7-20(8-10-21)13-27(46)48-6-2)28-23(14-26(16-42-28)32(39,40)41)19-45(29(47)43(3)4)18-22-11-24(30(33,34)35)15-25(12-22)31(36,37)38/h11-12,14-16,20-21H,5-10,13,17-19H2,1-4H3. The van der Waals surface area contributed by atoms with E-state index in [9.17, 15) is 49.1 Å². The molecule has 3 rings (SSSR count). The number of amides is 2. The van der Waals surface area contributed by atoms with E-state index in [-0.39, 0.29) is 41.9 Å². The molecule has 2 amide bonds. The third-order valence-corrected chi connectivity index (χ3v) is 8.19. The summed E-state index contributed by atoms with van der Waals surface area (Å²) in [5, 5.41) is 0. The number of urea groups is 1. The number of esters is 1. The van der Waals surface area contributed by atoms with Crippen LogP contribution in [0.15, 0.2) is 30.5 Å². The second-order valence-electron chi connectivity index (χ2n) is 12.1. The largest absolute Gasteiger partial charge is 0.466 e. The van der Waals surface area contributed by atoms with Gasteiger partial charge in [0.05, 0.1) is 29.8 Å². The Morgan fingerprint density at radius 3 is 1.81 bits per heavy atom. The van der Waals surface area contributed by atoms with Crippen LogP contribution in [0.4, 0.5) is 50.1 Å². The van der Waals surface area contributed by atoms with E-state index in [0.29, 0.717) is 37.8 Å². The van der Waals surface area contributed by atoms with Crippen molar-refractivity contribution in [1.82, 2.24) is 14.8 Å². The third-order valence-electron chi connectivity index (χ3n) is 8.19. The van der Waals surface area contributed by atoms with Crippen molar-refractivity contribution in [2.45, 2.75) is 77.6 Å². The molecule has 0 bridgehead atoms.